The van der Waals surface area contributed by atoms with Crippen LogP contribution in [0, 0.1) is 0 Å². The number of hydrogen-bond donors (Lipinski definition) is 1. The molecule has 0 saturated heterocycles. The molecule has 136 valence electrons. The lowest BCUT2D eigenvalue weighted by molar-refractivity contribution is -0.132. The molecule has 0 spiro atoms. The van der Waals surface area contributed by atoms with Crippen LogP contribution in [0.3, 0.4) is 0 Å². The zero-order chi connectivity index (χ0) is 18.2. The first-order chi connectivity index (χ1) is 13.3. The Morgan fingerprint density at radius 3 is 2.93 bits per heavy atom. The molecule has 0 atom stereocenters. The number of fused-ring (bicyclic) bond motifs is 4. The van der Waals surface area contributed by atoms with E-state index in [1.54, 1.807) is 11.3 Å². The molecular formula is C22H21N3OS. The van der Waals surface area contributed by atoms with Gasteiger partial charge in [0.15, 0.2) is 0 Å². The first-order valence-corrected chi connectivity index (χ1v) is 10.3. The summed E-state index contributed by atoms with van der Waals surface area (Å²) in [6.07, 6.45) is 3.23. The van der Waals surface area contributed by atoms with Crippen LogP contribution in [0.15, 0.2) is 48.5 Å². The standard InChI is InChI=1S/C22H21N3OS/c26-22(11-5-10-21-24-19-8-3-4-9-20(19)27-21)25-13-12-18-16(14-25)15-6-1-2-7-17(15)23-18/h1-4,6-9,23H,5,10-14H2. The number of carbonyl (C=O) groups is 1. The molecule has 4 aromatic rings. The van der Waals surface area contributed by atoms with E-state index in [-0.39, 0.29) is 5.91 Å². The van der Waals surface area contributed by atoms with E-state index in [0.717, 1.165) is 42.9 Å². The van der Waals surface area contributed by atoms with Gasteiger partial charge in [-0.3, -0.25) is 4.79 Å². The summed E-state index contributed by atoms with van der Waals surface area (Å²) in [7, 11) is 0. The molecule has 0 fully saturated rings. The predicted octanol–water partition coefficient (Wildman–Crippen LogP) is 4.69. The molecule has 2 aromatic heterocycles. The minimum Gasteiger partial charge on any atom is -0.358 e. The second kappa shape index (κ2) is 6.82. The number of rotatable bonds is 4. The average molecular weight is 375 g/mol. The van der Waals surface area contributed by atoms with E-state index < -0.39 is 0 Å². The maximum absolute atomic E-state index is 12.7. The summed E-state index contributed by atoms with van der Waals surface area (Å²) in [5.41, 5.74) is 4.81. The van der Waals surface area contributed by atoms with Gasteiger partial charge in [-0.2, -0.15) is 0 Å². The molecule has 0 unspecified atom stereocenters. The average Bonchev–Trinajstić information content (AvgIpc) is 3.28. The van der Waals surface area contributed by atoms with Crippen LogP contribution in [-0.2, 0) is 24.2 Å². The summed E-state index contributed by atoms with van der Waals surface area (Å²) in [4.78, 5) is 22.9. The van der Waals surface area contributed by atoms with Crippen molar-refractivity contribution in [3.63, 3.8) is 0 Å². The van der Waals surface area contributed by atoms with Gasteiger partial charge in [0.1, 0.15) is 0 Å². The molecule has 0 bridgehead atoms. The fraction of sp³-hybridized carbons (Fsp3) is 0.273. The number of hydrogen-bond acceptors (Lipinski definition) is 3. The number of aryl methyl sites for hydroxylation is 1. The number of benzene rings is 2. The molecule has 1 amide bonds. The molecular weight excluding hydrogens is 354 g/mol. The van der Waals surface area contributed by atoms with Crippen molar-refractivity contribution in [2.75, 3.05) is 6.54 Å². The second-order valence-corrected chi connectivity index (χ2v) is 8.24. The minimum atomic E-state index is 0.257. The topological polar surface area (TPSA) is 49.0 Å². The van der Waals surface area contributed by atoms with Crippen molar-refractivity contribution in [1.29, 1.82) is 0 Å². The molecule has 4 nitrogen and oxygen atoms in total. The van der Waals surface area contributed by atoms with Gasteiger partial charge in [-0.05, 0) is 31.0 Å². The molecule has 3 heterocycles. The van der Waals surface area contributed by atoms with Gasteiger partial charge in [-0.25, -0.2) is 4.98 Å². The SMILES string of the molecule is O=C(CCCc1nc2ccccc2s1)N1CCc2[nH]c3ccccc3c2C1. The molecule has 1 aliphatic heterocycles. The summed E-state index contributed by atoms with van der Waals surface area (Å²) in [5.74, 6) is 0.257. The monoisotopic (exact) mass is 375 g/mol. The molecule has 0 radical (unpaired) electrons. The van der Waals surface area contributed by atoms with E-state index in [1.165, 1.54) is 26.9 Å². The number of aromatic nitrogens is 2. The van der Waals surface area contributed by atoms with E-state index in [0.29, 0.717) is 6.42 Å². The van der Waals surface area contributed by atoms with Crippen molar-refractivity contribution >= 4 is 38.4 Å². The van der Waals surface area contributed by atoms with Crippen molar-refractivity contribution < 1.29 is 4.79 Å². The molecule has 1 N–H and O–H groups in total. The van der Waals surface area contributed by atoms with Crippen LogP contribution in [0.4, 0.5) is 0 Å². The fourth-order valence-electron chi connectivity index (χ4n) is 3.96. The number of thiazole rings is 1. The van der Waals surface area contributed by atoms with Crippen molar-refractivity contribution in [3.05, 3.63) is 64.8 Å². The number of carbonyl (C=O) groups excluding carboxylic acids is 1. The maximum atomic E-state index is 12.7. The fourth-order valence-corrected chi connectivity index (χ4v) is 4.96. The van der Waals surface area contributed by atoms with Crippen LogP contribution in [0.1, 0.15) is 29.1 Å². The lowest BCUT2D eigenvalue weighted by Crippen LogP contribution is -2.35. The van der Waals surface area contributed by atoms with E-state index in [2.05, 4.69) is 40.3 Å². The van der Waals surface area contributed by atoms with Crippen LogP contribution >= 0.6 is 11.3 Å². The summed E-state index contributed by atoms with van der Waals surface area (Å²) in [6.45, 7) is 1.53. The molecule has 1 aliphatic rings. The zero-order valence-corrected chi connectivity index (χ0v) is 15.9. The van der Waals surface area contributed by atoms with Gasteiger partial charge in [0, 0.05) is 48.1 Å². The summed E-state index contributed by atoms with van der Waals surface area (Å²) in [5, 5.41) is 2.38. The van der Waals surface area contributed by atoms with E-state index >= 15 is 0 Å². The van der Waals surface area contributed by atoms with Crippen LogP contribution in [0.5, 0.6) is 0 Å². The van der Waals surface area contributed by atoms with Gasteiger partial charge in [0.25, 0.3) is 0 Å². The third kappa shape index (κ3) is 3.12. The van der Waals surface area contributed by atoms with Crippen LogP contribution in [-0.4, -0.2) is 27.3 Å². The van der Waals surface area contributed by atoms with Crippen LogP contribution in [0.25, 0.3) is 21.1 Å². The summed E-state index contributed by atoms with van der Waals surface area (Å²) < 4.78 is 1.22. The van der Waals surface area contributed by atoms with Crippen molar-refractivity contribution in [3.8, 4) is 0 Å². The number of amides is 1. The van der Waals surface area contributed by atoms with Crippen LogP contribution in [0.2, 0.25) is 0 Å². The van der Waals surface area contributed by atoms with Gasteiger partial charge in [-0.1, -0.05) is 30.3 Å². The van der Waals surface area contributed by atoms with Crippen molar-refractivity contribution in [1.82, 2.24) is 14.9 Å². The molecule has 2 aromatic carbocycles. The van der Waals surface area contributed by atoms with E-state index in [9.17, 15) is 4.79 Å². The number of para-hydroxylation sites is 2. The Kier molecular flexibility index (Phi) is 4.17. The molecule has 27 heavy (non-hydrogen) atoms. The number of H-pyrrole nitrogens is 1. The highest BCUT2D eigenvalue weighted by atomic mass is 32.1. The normalized spacial score (nSPS) is 14.0. The Morgan fingerprint density at radius 1 is 1.15 bits per heavy atom. The van der Waals surface area contributed by atoms with Gasteiger partial charge >= 0.3 is 0 Å². The predicted molar refractivity (Wildman–Crippen MR) is 110 cm³/mol. The van der Waals surface area contributed by atoms with Gasteiger partial charge < -0.3 is 9.88 Å². The second-order valence-electron chi connectivity index (χ2n) is 7.12. The van der Waals surface area contributed by atoms with E-state index in [1.807, 2.05) is 23.1 Å². The molecule has 0 aliphatic carbocycles. The van der Waals surface area contributed by atoms with Crippen molar-refractivity contribution in [2.24, 2.45) is 0 Å². The maximum Gasteiger partial charge on any atom is 0.222 e. The van der Waals surface area contributed by atoms with Gasteiger partial charge in [0.2, 0.25) is 5.91 Å². The third-order valence-electron chi connectivity index (χ3n) is 5.35. The van der Waals surface area contributed by atoms with Gasteiger partial charge in [0.05, 0.1) is 15.2 Å². The van der Waals surface area contributed by atoms with Crippen LogP contribution < -0.4 is 0 Å². The number of nitrogens with zero attached hydrogens (tertiary/aromatic N) is 2. The quantitative estimate of drug-likeness (QED) is 0.563. The Bertz CT molecular complexity index is 1090. The van der Waals surface area contributed by atoms with Crippen molar-refractivity contribution in [2.45, 2.75) is 32.2 Å². The Hall–Kier alpha value is -2.66. The molecule has 5 heteroatoms. The molecule has 0 saturated carbocycles. The first kappa shape index (κ1) is 16.5. The number of nitrogens with one attached hydrogen (secondary N) is 1. The lowest BCUT2D eigenvalue weighted by Gasteiger charge is -2.27. The minimum absolute atomic E-state index is 0.257. The van der Waals surface area contributed by atoms with Gasteiger partial charge in [-0.15, -0.1) is 11.3 Å². The largest absolute Gasteiger partial charge is 0.358 e. The zero-order valence-electron chi connectivity index (χ0n) is 15.1. The Labute approximate surface area is 161 Å². The van der Waals surface area contributed by atoms with E-state index in [4.69, 9.17) is 0 Å². The highest BCUT2D eigenvalue weighted by Crippen LogP contribution is 2.28. The lowest BCUT2D eigenvalue weighted by atomic mass is 10.0. The Morgan fingerprint density at radius 2 is 2.00 bits per heavy atom. The number of aromatic amines is 1. The highest BCUT2D eigenvalue weighted by Gasteiger charge is 2.23. The smallest absolute Gasteiger partial charge is 0.222 e. The summed E-state index contributed by atoms with van der Waals surface area (Å²) in [6, 6.07) is 16.6. The first-order valence-electron chi connectivity index (χ1n) is 9.48. The Balaban J connectivity index is 1.22. The molecule has 5 rings (SSSR count). The third-order valence-corrected chi connectivity index (χ3v) is 6.45. The highest BCUT2D eigenvalue weighted by molar-refractivity contribution is 7.18. The summed E-state index contributed by atoms with van der Waals surface area (Å²) >= 11 is 1.74.